The molecular formula is C94H101NO24. The Hall–Kier alpha value is -13.0. The molecule has 6 aromatic carbocycles. The van der Waals surface area contributed by atoms with Crippen LogP contribution in [-0.2, 0) is 62.5 Å². The van der Waals surface area contributed by atoms with E-state index < -0.39 is 59.9 Å². The van der Waals surface area contributed by atoms with Crippen molar-refractivity contribution in [1.82, 2.24) is 4.98 Å². The van der Waals surface area contributed by atoms with Crippen LogP contribution in [0.5, 0.6) is 23.0 Å². The molecule has 14 rings (SSSR count). The van der Waals surface area contributed by atoms with Crippen LogP contribution in [0.15, 0.2) is 208 Å². The van der Waals surface area contributed by atoms with E-state index in [9.17, 15) is 58.2 Å². The molecule has 0 amide bonds. The van der Waals surface area contributed by atoms with Gasteiger partial charge in [0.2, 0.25) is 12.2 Å². The number of aliphatic hydroxyl groups excluding tert-OH is 2. The Kier molecular flexibility index (Phi) is 34.1. The molecule has 2 fully saturated rings. The molecule has 9 aromatic rings. The van der Waals surface area contributed by atoms with Gasteiger partial charge in [-0.05, 0) is 185 Å². The highest BCUT2D eigenvalue weighted by Crippen LogP contribution is 2.45. The van der Waals surface area contributed by atoms with Crippen LogP contribution in [0.25, 0.3) is 38.8 Å². The zero-order valence-electron chi connectivity index (χ0n) is 68.0. The lowest BCUT2D eigenvalue weighted by Crippen LogP contribution is -2.31. The highest BCUT2D eigenvalue weighted by Gasteiger charge is 2.46. The number of phenols is 1. The molecule has 0 bridgehead atoms. The second-order valence-corrected chi connectivity index (χ2v) is 29.2. The molecule has 626 valence electrons. The number of carboxylic acid groups (broad SMARTS) is 4. The number of rotatable bonds is 23. The number of aromatic nitrogens is 1. The average molecular weight is 1630 g/mol. The number of esters is 2. The first-order chi connectivity index (χ1) is 57.0. The Bertz CT molecular complexity index is 5150. The number of allylic oxidation sites excluding steroid dienone is 7. The van der Waals surface area contributed by atoms with Gasteiger partial charge in [-0.15, -0.1) is 0 Å². The summed E-state index contributed by atoms with van der Waals surface area (Å²) in [5.41, 5.74) is 18.0. The fraction of sp³-hybridized carbons (Fsp3) is 0.330. The molecule has 2 saturated heterocycles. The smallest absolute Gasteiger partial charge is 0.345 e. The van der Waals surface area contributed by atoms with Crippen LogP contribution < -0.4 is 14.2 Å². The van der Waals surface area contributed by atoms with Gasteiger partial charge in [0.1, 0.15) is 51.8 Å². The highest BCUT2D eigenvalue weighted by molar-refractivity contribution is 6.16. The van der Waals surface area contributed by atoms with E-state index in [4.69, 9.17) is 48.6 Å². The minimum Gasteiger partial charge on any atom is -0.508 e. The predicted octanol–water partition coefficient (Wildman–Crippen LogP) is 17.7. The van der Waals surface area contributed by atoms with Gasteiger partial charge in [-0.25, -0.2) is 9.59 Å². The number of Topliss-reactive ketones (excluding diaryl/α,β-unsaturated/α-hetero) is 2. The van der Waals surface area contributed by atoms with Crippen LogP contribution in [0.1, 0.15) is 183 Å². The molecule has 25 nitrogen and oxygen atoms in total. The number of carboxylic acids is 4. The van der Waals surface area contributed by atoms with E-state index in [0.29, 0.717) is 63.3 Å². The molecule has 25 heteroatoms. The van der Waals surface area contributed by atoms with E-state index in [1.807, 2.05) is 36.0 Å². The number of pyridine rings is 1. The van der Waals surface area contributed by atoms with E-state index in [1.165, 1.54) is 93.8 Å². The van der Waals surface area contributed by atoms with Crippen LogP contribution in [0.4, 0.5) is 0 Å². The number of cyclic esters (lactones) is 2. The quantitative estimate of drug-likeness (QED) is 0.00595. The summed E-state index contributed by atoms with van der Waals surface area (Å²) >= 11 is 0. The first kappa shape index (κ1) is 91.5. The maximum atomic E-state index is 12.4. The zero-order valence-corrected chi connectivity index (χ0v) is 68.0. The first-order valence-corrected chi connectivity index (χ1v) is 39.1. The minimum atomic E-state index is -1.53. The molecule has 5 heterocycles. The van der Waals surface area contributed by atoms with Gasteiger partial charge in [0.05, 0.1) is 81.6 Å². The normalized spacial score (nSPS) is 17.3. The SMILES string of the molecule is CC(C)=C1CC[C@H](C)C2=C(C1)[C@@H](C)CC2.CCCCC/C=C/C(=O)CCc1ccc(O)c(CO)c1.COc1c(C(=O)/C=C(\O)c2ccccc2)ccc2occc12.COc1c(C(=O)CC(=O)c2ccccc2)ccc2occc12.COc1ccc2c(c1)Cc1c-2ccnc1C.O=C1CC(C(=O)O)C(C(=O)O)O1.O=C1C[C@H](C(=O)O)[C@H](C(=O)O)O1. The number of aliphatic carboxylic acids is 4. The monoisotopic (exact) mass is 1630 g/mol. The van der Waals surface area contributed by atoms with Crippen molar-refractivity contribution >= 4 is 86.6 Å². The zero-order chi connectivity index (χ0) is 86.6. The number of unbranched alkanes of at least 4 members (excludes halogenated alkanes) is 3. The van der Waals surface area contributed by atoms with Gasteiger partial charge in [0, 0.05) is 47.5 Å². The van der Waals surface area contributed by atoms with Crippen molar-refractivity contribution in [3.05, 3.63) is 249 Å². The van der Waals surface area contributed by atoms with Crippen LogP contribution >= 0.6 is 0 Å². The average Bonchev–Trinajstić information content (AvgIpc) is 1.62. The molecule has 5 aliphatic rings. The van der Waals surface area contributed by atoms with E-state index in [1.54, 1.807) is 139 Å². The summed E-state index contributed by atoms with van der Waals surface area (Å²) in [5.74, 6) is -6.73. The Labute approximate surface area is 689 Å². The van der Waals surface area contributed by atoms with E-state index in [2.05, 4.69) is 74.2 Å². The largest absolute Gasteiger partial charge is 0.508 e. The van der Waals surface area contributed by atoms with Crippen molar-refractivity contribution in [2.75, 3.05) is 21.3 Å². The standard InChI is InChI=1S/2C18H14O4.C17H24O3.C15H24.C14H13NO.2C6H6O6/c2*1-21-18-13(7-8-17-14(18)9-10-22-17)16(20)11-15(19)12-5-3-2-4-6-12;1-2-3-4-5-6-7-16(19)10-8-14-9-11-17(20)15(12-14)13-18;1-10(2)13-7-5-11(3)14-8-6-12(4)15(14)9-13;1-9-14-8-10-7-11(16-2)3-4-12(10)13(14)5-6-15-9;2*7-3-1-2(5(8)9)4(12-3)6(10)11/h2-10H,11H2,1H3;2-11,19H,1H3;6-7,9,11-12,18,20H,2-5,8,10,13H2,1H3;11-12H,5-9H2,1-4H3;3-7H,8H2,1-2H3;2*2,4H,1H2,(H,8,9)(H,10,11)/b;15-11-;7-6+;;;;/t;;;11-,12-;;2-,4+;/m...0.0./s1. The van der Waals surface area contributed by atoms with Gasteiger partial charge in [-0.2, -0.15) is 0 Å². The van der Waals surface area contributed by atoms with Crippen molar-refractivity contribution in [3.8, 4) is 34.1 Å². The van der Waals surface area contributed by atoms with Crippen LogP contribution in [0, 0.1) is 30.6 Å². The second kappa shape index (κ2) is 44.3. The van der Waals surface area contributed by atoms with E-state index in [0.717, 1.165) is 58.9 Å². The van der Waals surface area contributed by atoms with Crippen molar-refractivity contribution in [2.24, 2.45) is 23.7 Å². The third-order valence-corrected chi connectivity index (χ3v) is 21.0. The third kappa shape index (κ3) is 25.0. The lowest BCUT2D eigenvalue weighted by atomic mass is 9.94. The first-order valence-electron chi connectivity index (χ1n) is 39.1. The summed E-state index contributed by atoms with van der Waals surface area (Å²) in [6.45, 7) is 13.5. The maximum Gasteiger partial charge on any atom is 0.345 e. The Morgan fingerprint density at radius 1 is 0.597 bits per heavy atom. The van der Waals surface area contributed by atoms with Gasteiger partial charge in [-0.3, -0.25) is 43.3 Å². The lowest BCUT2D eigenvalue weighted by Gasteiger charge is -2.12. The Morgan fingerprint density at radius 3 is 1.71 bits per heavy atom. The molecule has 6 atom stereocenters. The number of nitrogens with zero attached hydrogens (tertiary/aromatic N) is 1. The molecule has 2 aliphatic heterocycles. The van der Waals surface area contributed by atoms with E-state index >= 15 is 0 Å². The number of methoxy groups -OCH3 is 3. The fourth-order valence-corrected chi connectivity index (χ4v) is 14.3. The van der Waals surface area contributed by atoms with Crippen LogP contribution in [0.2, 0.25) is 0 Å². The lowest BCUT2D eigenvalue weighted by molar-refractivity contribution is -0.161. The Morgan fingerprint density at radius 2 is 1.17 bits per heavy atom. The molecular weight excluding hydrogens is 1530 g/mol. The summed E-state index contributed by atoms with van der Waals surface area (Å²) in [5, 5.41) is 63.8. The number of benzene rings is 6. The van der Waals surface area contributed by atoms with Gasteiger partial charge in [0.25, 0.3) is 0 Å². The number of hydrogen-bond donors (Lipinski definition) is 7. The molecule has 119 heavy (non-hydrogen) atoms. The summed E-state index contributed by atoms with van der Waals surface area (Å²) < 4.78 is 35.1. The third-order valence-electron chi connectivity index (χ3n) is 21.0. The molecule has 3 aliphatic carbocycles. The number of aryl methyl sites for hydroxylation is 2. The van der Waals surface area contributed by atoms with Crippen molar-refractivity contribution in [3.63, 3.8) is 0 Å². The van der Waals surface area contributed by atoms with Gasteiger partial charge in [0.15, 0.2) is 23.1 Å². The summed E-state index contributed by atoms with van der Waals surface area (Å²) in [4.78, 5) is 115. The van der Waals surface area contributed by atoms with Crippen LogP contribution in [0.3, 0.4) is 0 Å². The number of aliphatic hydroxyl groups is 2. The molecule has 7 N–H and O–H groups in total. The topological polar surface area (TPSA) is 398 Å². The Balaban J connectivity index is 0.000000175. The van der Waals surface area contributed by atoms with Crippen molar-refractivity contribution < 1.29 is 116 Å². The van der Waals surface area contributed by atoms with Crippen molar-refractivity contribution in [1.29, 1.82) is 0 Å². The minimum absolute atomic E-state index is 0.0834. The number of hydrogen-bond acceptors (Lipinski definition) is 21. The maximum absolute atomic E-state index is 12.4. The number of carbonyl (C=O) groups excluding carboxylic acids is 6. The van der Waals surface area contributed by atoms with Crippen LogP contribution in [-0.4, -0.2) is 133 Å². The molecule has 3 aromatic heterocycles. The highest BCUT2D eigenvalue weighted by atomic mass is 16.6. The second-order valence-electron chi connectivity index (χ2n) is 29.2. The number of ether oxygens (including phenoxy) is 5. The van der Waals surface area contributed by atoms with E-state index in [-0.39, 0.29) is 60.5 Å². The molecule has 0 saturated carbocycles. The summed E-state index contributed by atoms with van der Waals surface area (Å²) in [7, 11) is 4.70. The van der Waals surface area contributed by atoms with Gasteiger partial charge in [-0.1, -0.05) is 135 Å². The number of aromatic hydroxyl groups is 1. The van der Waals surface area contributed by atoms with Gasteiger partial charge >= 0.3 is 35.8 Å². The van der Waals surface area contributed by atoms with Gasteiger partial charge < -0.3 is 68.3 Å². The predicted molar refractivity (Wildman–Crippen MR) is 444 cm³/mol. The number of ketones is 4. The number of carbonyl (C=O) groups is 10. The van der Waals surface area contributed by atoms with Crippen molar-refractivity contribution in [2.45, 2.75) is 157 Å². The molecule has 0 radical (unpaired) electrons. The molecule has 2 unspecified atom stereocenters. The summed E-state index contributed by atoms with van der Waals surface area (Å²) in [6.07, 6.45) is 19.1. The number of furan rings is 2. The fourth-order valence-electron chi connectivity index (χ4n) is 14.3. The summed E-state index contributed by atoms with van der Waals surface area (Å²) in [6, 6.07) is 41.3. The number of fused-ring (bicyclic) bond motifs is 5. The molecule has 0 spiro atoms.